The largest absolute Gasteiger partial charge is 0.496 e. The topological polar surface area (TPSA) is 72.9 Å². The Hall–Kier alpha value is -1.60. The van der Waals surface area contributed by atoms with Crippen molar-refractivity contribution in [3.05, 3.63) is 29.8 Å². The number of carbonyl (C=O) groups excluding carboxylic acids is 1. The van der Waals surface area contributed by atoms with Gasteiger partial charge in [0.05, 0.1) is 20.0 Å². The van der Waals surface area contributed by atoms with Crippen LogP contribution in [0.2, 0.25) is 0 Å². The zero-order valence-corrected chi connectivity index (χ0v) is 12.9. The van der Waals surface area contributed by atoms with Gasteiger partial charge < -0.3 is 9.64 Å². The lowest BCUT2D eigenvalue weighted by Gasteiger charge is -2.18. The molecule has 2 rings (SSSR count). The summed E-state index contributed by atoms with van der Waals surface area (Å²) in [5.74, 6) is 0.645. The molecule has 1 saturated heterocycles. The lowest BCUT2D eigenvalue weighted by molar-refractivity contribution is -0.128. The summed E-state index contributed by atoms with van der Waals surface area (Å²) in [6.07, 6.45) is 1.32. The van der Waals surface area contributed by atoms with E-state index in [1.807, 2.05) is 24.3 Å². The maximum Gasteiger partial charge on any atom is 0.264 e. The molecule has 7 heteroatoms. The van der Waals surface area contributed by atoms with Crippen LogP contribution in [0.3, 0.4) is 0 Å². The average molecular weight is 313 g/mol. The Morgan fingerprint density at radius 3 is 2.71 bits per heavy atom. The fourth-order valence-corrected chi connectivity index (χ4v) is 2.82. The summed E-state index contributed by atoms with van der Waals surface area (Å²) in [4.78, 5) is 13.7. The lowest BCUT2D eigenvalue weighted by Crippen LogP contribution is -2.25. The molecule has 1 aromatic rings. The second kappa shape index (κ2) is 6.44. The second-order valence-corrected chi connectivity index (χ2v) is 6.79. The molecule has 21 heavy (non-hydrogen) atoms. The average Bonchev–Trinajstić information content (AvgIpc) is 2.77. The summed E-state index contributed by atoms with van der Waals surface area (Å²) in [5.41, 5.74) is 0.929. The Morgan fingerprint density at radius 1 is 1.33 bits per heavy atom. The Morgan fingerprint density at radius 2 is 2.05 bits per heavy atom. The van der Waals surface area contributed by atoms with Gasteiger partial charge in [-0.15, -0.1) is 0 Å². The van der Waals surface area contributed by atoms with Crippen LogP contribution in [0.4, 0.5) is 0 Å². The monoisotopic (exact) mass is 313 g/mol. The minimum absolute atomic E-state index is 0.00278. The van der Waals surface area contributed by atoms with Crippen LogP contribution in [0.25, 0.3) is 0 Å². The molecule has 0 spiro atoms. The van der Waals surface area contributed by atoms with E-state index in [2.05, 4.69) is 0 Å². The van der Waals surface area contributed by atoms with Crippen LogP contribution >= 0.6 is 0 Å². The SMILES string of the molecule is COc1ccccc1CN1CC(COS(C)(=O)=O)CC1=O. The third-order valence-corrected chi connectivity index (χ3v) is 3.93. The Bertz CT molecular complexity index is 614. The van der Waals surface area contributed by atoms with Gasteiger partial charge in [-0.25, -0.2) is 0 Å². The van der Waals surface area contributed by atoms with Crippen molar-refractivity contribution < 1.29 is 22.1 Å². The normalized spacial score (nSPS) is 19.0. The number of rotatable bonds is 6. The van der Waals surface area contributed by atoms with Crippen LogP contribution in [0.5, 0.6) is 5.75 Å². The van der Waals surface area contributed by atoms with Gasteiger partial charge in [0.1, 0.15) is 5.75 Å². The summed E-state index contributed by atoms with van der Waals surface area (Å²) in [5, 5.41) is 0. The van der Waals surface area contributed by atoms with Gasteiger partial charge in [0.2, 0.25) is 5.91 Å². The first-order valence-corrected chi connectivity index (χ1v) is 8.45. The number of amides is 1. The first kappa shape index (κ1) is 15.8. The molecule has 0 N–H and O–H groups in total. The van der Waals surface area contributed by atoms with Gasteiger partial charge in [0.15, 0.2) is 0 Å². The first-order valence-electron chi connectivity index (χ1n) is 6.63. The fourth-order valence-electron chi connectivity index (χ4n) is 2.38. The van der Waals surface area contributed by atoms with Crippen LogP contribution in [-0.4, -0.2) is 45.7 Å². The summed E-state index contributed by atoms with van der Waals surface area (Å²) >= 11 is 0. The molecule has 1 aliphatic heterocycles. The number of methoxy groups -OCH3 is 1. The van der Waals surface area contributed by atoms with E-state index in [9.17, 15) is 13.2 Å². The van der Waals surface area contributed by atoms with Gasteiger partial charge >= 0.3 is 0 Å². The van der Waals surface area contributed by atoms with Gasteiger partial charge in [-0.1, -0.05) is 18.2 Å². The number of carbonyl (C=O) groups is 1. The van der Waals surface area contributed by atoms with Gasteiger partial charge in [0.25, 0.3) is 10.1 Å². The maximum absolute atomic E-state index is 12.0. The van der Waals surface area contributed by atoms with Crippen molar-refractivity contribution in [1.29, 1.82) is 0 Å². The highest BCUT2D eigenvalue weighted by molar-refractivity contribution is 7.85. The summed E-state index contributed by atoms with van der Waals surface area (Å²) in [6.45, 7) is 0.998. The minimum atomic E-state index is -3.47. The zero-order valence-electron chi connectivity index (χ0n) is 12.1. The van der Waals surface area contributed by atoms with Crippen molar-refractivity contribution in [3.8, 4) is 5.75 Å². The van der Waals surface area contributed by atoms with Gasteiger partial charge in [-0.3, -0.25) is 8.98 Å². The van der Waals surface area contributed by atoms with E-state index in [1.54, 1.807) is 12.0 Å². The highest BCUT2D eigenvalue weighted by atomic mass is 32.2. The Kier molecular flexibility index (Phi) is 4.84. The summed E-state index contributed by atoms with van der Waals surface area (Å²) in [6, 6.07) is 7.52. The summed E-state index contributed by atoms with van der Waals surface area (Å²) in [7, 11) is -1.88. The van der Waals surface area contributed by atoms with E-state index >= 15 is 0 Å². The van der Waals surface area contributed by atoms with Crippen LogP contribution in [0, 0.1) is 5.92 Å². The molecule has 1 fully saturated rings. The molecule has 6 nitrogen and oxygen atoms in total. The van der Waals surface area contributed by atoms with Crippen LogP contribution < -0.4 is 4.74 Å². The molecule has 116 valence electrons. The molecular formula is C14H19NO5S. The van der Waals surface area contributed by atoms with E-state index < -0.39 is 10.1 Å². The fraction of sp³-hybridized carbons (Fsp3) is 0.500. The summed E-state index contributed by atoms with van der Waals surface area (Å²) < 4.78 is 32.0. The zero-order chi connectivity index (χ0) is 15.5. The number of nitrogens with zero attached hydrogens (tertiary/aromatic N) is 1. The van der Waals surface area contributed by atoms with Gasteiger partial charge in [-0.05, 0) is 6.07 Å². The molecule has 0 aliphatic carbocycles. The van der Waals surface area contributed by atoms with Crippen LogP contribution in [0.15, 0.2) is 24.3 Å². The van der Waals surface area contributed by atoms with E-state index in [0.717, 1.165) is 17.6 Å². The van der Waals surface area contributed by atoms with Crippen molar-refractivity contribution in [2.45, 2.75) is 13.0 Å². The van der Waals surface area contributed by atoms with Crippen molar-refractivity contribution >= 4 is 16.0 Å². The highest BCUT2D eigenvalue weighted by Crippen LogP contribution is 2.24. The quantitative estimate of drug-likeness (QED) is 0.733. The van der Waals surface area contributed by atoms with E-state index in [4.69, 9.17) is 8.92 Å². The number of hydrogen-bond acceptors (Lipinski definition) is 5. The maximum atomic E-state index is 12.0. The molecule has 0 saturated carbocycles. The van der Waals surface area contributed by atoms with Gasteiger partial charge in [0, 0.05) is 31.0 Å². The molecule has 1 aliphatic rings. The minimum Gasteiger partial charge on any atom is -0.496 e. The van der Waals surface area contributed by atoms with Crippen LogP contribution in [0.1, 0.15) is 12.0 Å². The van der Waals surface area contributed by atoms with E-state index in [0.29, 0.717) is 19.5 Å². The standard InChI is InChI=1S/C14H19NO5S/c1-19-13-6-4-3-5-12(13)9-15-8-11(7-14(15)16)10-20-21(2,17)18/h3-6,11H,7-10H2,1-2H3. The third-order valence-electron chi connectivity index (χ3n) is 3.37. The molecule has 1 amide bonds. The Labute approximate surface area is 124 Å². The molecule has 0 radical (unpaired) electrons. The predicted octanol–water partition coefficient (Wildman–Crippen LogP) is 1.02. The van der Waals surface area contributed by atoms with E-state index in [-0.39, 0.29) is 18.4 Å². The smallest absolute Gasteiger partial charge is 0.264 e. The number of para-hydroxylation sites is 1. The van der Waals surface area contributed by atoms with Crippen molar-refractivity contribution in [2.75, 3.05) is 26.5 Å². The molecule has 0 aromatic heterocycles. The van der Waals surface area contributed by atoms with Crippen molar-refractivity contribution in [1.82, 2.24) is 4.90 Å². The lowest BCUT2D eigenvalue weighted by atomic mass is 10.1. The number of ether oxygens (including phenoxy) is 1. The molecule has 1 heterocycles. The molecule has 0 bridgehead atoms. The molecule has 1 atom stereocenters. The highest BCUT2D eigenvalue weighted by Gasteiger charge is 2.30. The van der Waals surface area contributed by atoms with Gasteiger partial charge in [-0.2, -0.15) is 8.42 Å². The Balaban J connectivity index is 1.97. The third kappa shape index (κ3) is 4.44. The van der Waals surface area contributed by atoms with Crippen molar-refractivity contribution in [3.63, 3.8) is 0 Å². The molecule has 1 unspecified atom stereocenters. The van der Waals surface area contributed by atoms with Crippen LogP contribution in [-0.2, 0) is 25.6 Å². The molecular weight excluding hydrogens is 294 g/mol. The number of hydrogen-bond donors (Lipinski definition) is 0. The predicted molar refractivity (Wildman–Crippen MR) is 77.3 cm³/mol. The number of benzene rings is 1. The van der Waals surface area contributed by atoms with E-state index in [1.165, 1.54) is 0 Å². The molecule has 1 aromatic carbocycles. The second-order valence-electron chi connectivity index (χ2n) is 5.14. The van der Waals surface area contributed by atoms with Crippen molar-refractivity contribution in [2.24, 2.45) is 5.92 Å². The first-order chi connectivity index (χ1) is 9.89. The number of likely N-dealkylation sites (tertiary alicyclic amines) is 1.